The molecule has 0 atom stereocenters. The van der Waals surface area contributed by atoms with Gasteiger partial charge in [-0.1, -0.05) is 0 Å². The molecule has 0 spiro atoms. The summed E-state index contributed by atoms with van der Waals surface area (Å²) in [5, 5.41) is 0. The topological polar surface area (TPSA) is 0 Å². The standard InChI is InChI=1S/C10H14.W/c1-7-2-9-4-8(1)5-10(3-7)6-9;/h7-10H,1-5H2;. The first-order chi connectivity index (χ1) is 5.33. The van der Waals surface area contributed by atoms with Crippen LogP contribution in [0.2, 0.25) is 0 Å². The molecule has 0 nitrogen and oxygen atoms in total. The molecule has 0 amide bonds. The third-order valence-electron chi connectivity index (χ3n) is 3.94. The van der Waals surface area contributed by atoms with Gasteiger partial charge in [0.1, 0.15) is 0 Å². The average Bonchev–Trinajstić information content (AvgIpc) is 1.98. The summed E-state index contributed by atoms with van der Waals surface area (Å²) in [5.74, 6) is 4.50. The second-order valence-corrected chi connectivity index (χ2v) is 6.40. The van der Waals surface area contributed by atoms with Gasteiger partial charge in [-0.25, -0.2) is 0 Å². The molecule has 0 radical (unpaired) electrons. The fourth-order valence-corrected chi connectivity index (χ4v) is 5.03. The SMILES string of the molecule is [W]=[C]1C2CC3CC(C2)CC1C3. The summed E-state index contributed by atoms with van der Waals surface area (Å²) in [6.45, 7) is 0. The molecular weight excluding hydrogens is 304 g/mol. The molecule has 4 saturated carbocycles. The first kappa shape index (κ1) is 7.01. The number of hydrogen-bond donors (Lipinski definition) is 0. The predicted molar refractivity (Wildman–Crippen MR) is 42.1 cm³/mol. The molecule has 0 aromatic carbocycles. The summed E-state index contributed by atoms with van der Waals surface area (Å²) in [5.41, 5.74) is 0. The van der Waals surface area contributed by atoms with E-state index in [-0.39, 0.29) is 0 Å². The van der Waals surface area contributed by atoms with E-state index in [0.717, 1.165) is 23.7 Å². The molecule has 4 rings (SSSR count). The quantitative estimate of drug-likeness (QED) is 0.642. The van der Waals surface area contributed by atoms with Crippen LogP contribution in [0.15, 0.2) is 0 Å². The molecule has 4 aliphatic rings. The van der Waals surface area contributed by atoms with Crippen LogP contribution in [0.3, 0.4) is 0 Å². The normalized spacial score (nSPS) is 53.6. The molecule has 11 heavy (non-hydrogen) atoms. The molecule has 0 unspecified atom stereocenters. The Labute approximate surface area is 79.2 Å². The van der Waals surface area contributed by atoms with Crippen molar-refractivity contribution >= 4 is 3.90 Å². The summed E-state index contributed by atoms with van der Waals surface area (Å²) in [6.07, 6.45) is 7.89. The molecule has 4 fully saturated rings. The molecule has 0 aromatic rings. The second kappa shape index (κ2) is 2.28. The van der Waals surface area contributed by atoms with Crippen molar-refractivity contribution < 1.29 is 19.4 Å². The van der Waals surface area contributed by atoms with Gasteiger partial charge in [-0.3, -0.25) is 0 Å². The van der Waals surface area contributed by atoms with Crippen molar-refractivity contribution in [1.29, 1.82) is 0 Å². The molecule has 0 N–H and O–H groups in total. The summed E-state index contributed by atoms with van der Waals surface area (Å²) in [4.78, 5) is 0. The van der Waals surface area contributed by atoms with Crippen molar-refractivity contribution in [3.05, 3.63) is 0 Å². The minimum absolute atomic E-state index is 1.10. The van der Waals surface area contributed by atoms with Gasteiger partial charge >= 0.3 is 79.0 Å². The Morgan fingerprint density at radius 3 is 1.73 bits per heavy atom. The zero-order chi connectivity index (χ0) is 7.42. The van der Waals surface area contributed by atoms with Gasteiger partial charge in [0.25, 0.3) is 0 Å². The van der Waals surface area contributed by atoms with Crippen LogP contribution in [0.4, 0.5) is 0 Å². The van der Waals surface area contributed by atoms with Gasteiger partial charge in [-0.05, 0) is 0 Å². The molecule has 4 aliphatic carbocycles. The van der Waals surface area contributed by atoms with Crippen LogP contribution >= 0.6 is 0 Å². The Kier molecular flexibility index (Phi) is 1.45. The first-order valence-corrected chi connectivity index (χ1v) is 6.33. The van der Waals surface area contributed by atoms with Gasteiger partial charge in [0.2, 0.25) is 0 Å². The molecule has 60 valence electrons. The van der Waals surface area contributed by atoms with Crippen molar-refractivity contribution in [2.24, 2.45) is 23.7 Å². The Balaban J connectivity index is 1.96. The van der Waals surface area contributed by atoms with Gasteiger partial charge in [0.05, 0.1) is 0 Å². The van der Waals surface area contributed by atoms with Crippen LogP contribution in [0.25, 0.3) is 0 Å². The van der Waals surface area contributed by atoms with E-state index in [0.29, 0.717) is 0 Å². The van der Waals surface area contributed by atoms with E-state index in [4.69, 9.17) is 0 Å². The Hall–Kier alpha value is 0.558. The molecule has 0 saturated heterocycles. The third kappa shape index (κ3) is 0.948. The maximum absolute atomic E-state index is 1.96. The zero-order valence-electron chi connectivity index (χ0n) is 6.75. The van der Waals surface area contributed by atoms with Crippen LogP contribution in [-0.4, -0.2) is 3.90 Å². The van der Waals surface area contributed by atoms with Gasteiger partial charge in [-0.2, -0.15) is 0 Å². The van der Waals surface area contributed by atoms with Crippen LogP contribution in [0.1, 0.15) is 32.1 Å². The Morgan fingerprint density at radius 2 is 1.27 bits per heavy atom. The van der Waals surface area contributed by atoms with E-state index in [1.54, 1.807) is 32.1 Å². The first-order valence-electron chi connectivity index (χ1n) is 4.86. The molecule has 0 aromatic heterocycles. The summed E-state index contributed by atoms with van der Waals surface area (Å²) < 4.78 is 1.96. The molecule has 4 bridgehead atoms. The van der Waals surface area contributed by atoms with E-state index in [9.17, 15) is 0 Å². The maximum atomic E-state index is 1.96. The van der Waals surface area contributed by atoms with Gasteiger partial charge < -0.3 is 0 Å². The average molecular weight is 318 g/mol. The number of hydrogen-bond acceptors (Lipinski definition) is 0. The minimum atomic E-state index is 1.10. The fourth-order valence-electron chi connectivity index (χ4n) is 3.65. The van der Waals surface area contributed by atoms with Gasteiger partial charge in [-0.15, -0.1) is 0 Å². The van der Waals surface area contributed by atoms with Crippen LogP contribution < -0.4 is 0 Å². The Bertz CT molecular complexity index is 177. The molecular formula is C10H14W. The third-order valence-corrected chi connectivity index (χ3v) is 6.34. The van der Waals surface area contributed by atoms with Crippen molar-refractivity contribution in [2.45, 2.75) is 32.1 Å². The van der Waals surface area contributed by atoms with E-state index in [1.807, 2.05) is 23.3 Å². The van der Waals surface area contributed by atoms with Crippen molar-refractivity contribution in [3.63, 3.8) is 0 Å². The zero-order valence-corrected chi connectivity index (χ0v) is 9.69. The van der Waals surface area contributed by atoms with Gasteiger partial charge in [0, 0.05) is 0 Å². The van der Waals surface area contributed by atoms with Crippen molar-refractivity contribution in [1.82, 2.24) is 0 Å². The van der Waals surface area contributed by atoms with E-state index < -0.39 is 0 Å². The number of rotatable bonds is 0. The summed E-state index contributed by atoms with van der Waals surface area (Å²) in [7, 11) is 0. The summed E-state index contributed by atoms with van der Waals surface area (Å²) in [6, 6.07) is 0. The van der Waals surface area contributed by atoms with E-state index >= 15 is 0 Å². The fraction of sp³-hybridized carbons (Fsp3) is 0.900. The van der Waals surface area contributed by atoms with E-state index in [1.165, 1.54) is 0 Å². The second-order valence-electron chi connectivity index (χ2n) is 4.71. The molecule has 0 aliphatic heterocycles. The molecule has 1 heteroatoms. The molecule has 0 heterocycles. The summed E-state index contributed by atoms with van der Waals surface area (Å²) >= 11 is 1.81. The van der Waals surface area contributed by atoms with Crippen molar-refractivity contribution in [2.75, 3.05) is 0 Å². The van der Waals surface area contributed by atoms with Crippen LogP contribution in [0, 0.1) is 23.7 Å². The van der Waals surface area contributed by atoms with Gasteiger partial charge in [0.15, 0.2) is 0 Å². The van der Waals surface area contributed by atoms with E-state index in [2.05, 4.69) is 0 Å². The predicted octanol–water partition coefficient (Wildman–Crippen LogP) is 2.16. The Morgan fingerprint density at radius 1 is 0.818 bits per heavy atom. The monoisotopic (exact) mass is 318 g/mol. The van der Waals surface area contributed by atoms with Crippen LogP contribution in [-0.2, 0) is 19.4 Å². The van der Waals surface area contributed by atoms with Crippen molar-refractivity contribution in [3.8, 4) is 0 Å². The van der Waals surface area contributed by atoms with Crippen LogP contribution in [0.5, 0.6) is 0 Å².